The largest absolute Gasteiger partial charge is 0.380 e. The first kappa shape index (κ1) is 13.1. The summed E-state index contributed by atoms with van der Waals surface area (Å²) in [6.07, 6.45) is 0. The third kappa shape index (κ3) is 2.17. The smallest absolute Gasteiger partial charge is 0.0725 e. The van der Waals surface area contributed by atoms with E-state index in [-0.39, 0.29) is 0 Å². The molecule has 0 aliphatic rings. The molecular weight excluding hydrogens is 248 g/mol. The maximum Gasteiger partial charge on any atom is 0.0725 e. The summed E-state index contributed by atoms with van der Waals surface area (Å²) < 4.78 is 10.8. The van der Waals surface area contributed by atoms with Crippen molar-refractivity contribution in [2.45, 2.75) is 13.2 Å². The normalized spacial score (nSPS) is 11.3. The number of ether oxygens (including phenoxy) is 2. The van der Waals surface area contributed by atoms with E-state index in [4.69, 9.17) is 9.47 Å². The lowest BCUT2D eigenvalue weighted by Gasteiger charge is -2.14. The quantitative estimate of drug-likeness (QED) is 0.656. The van der Waals surface area contributed by atoms with Gasteiger partial charge in [-0.05, 0) is 38.7 Å². The molecule has 0 spiro atoms. The highest BCUT2D eigenvalue weighted by Gasteiger charge is 2.10. The summed E-state index contributed by atoms with van der Waals surface area (Å²) in [4.78, 5) is 0. The Morgan fingerprint density at radius 3 is 2.35 bits per heavy atom. The van der Waals surface area contributed by atoms with Crippen LogP contribution in [0.3, 0.4) is 0 Å². The van der Waals surface area contributed by atoms with Crippen LogP contribution < -0.4 is 0 Å². The van der Waals surface area contributed by atoms with Crippen LogP contribution in [0.4, 0.5) is 0 Å². The van der Waals surface area contributed by atoms with E-state index < -0.39 is 0 Å². The van der Waals surface area contributed by atoms with Gasteiger partial charge in [0.2, 0.25) is 0 Å². The van der Waals surface area contributed by atoms with Gasteiger partial charge in [0.05, 0.1) is 13.2 Å². The molecule has 0 amide bonds. The number of rotatable bonds is 4. The van der Waals surface area contributed by atoms with Gasteiger partial charge in [0.1, 0.15) is 0 Å². The molecular formula is C18H18O2. The molecule has 2 heteroatoms. The summed E-state index contributed by atoms with van der Waals surface area (Å²) in [6.45, 7) is 1.23. The third-order valence-electron chi connectivity index (χ3n) is 3.67. The molecule has 0 heterocycles. The predicted octanol–water partition coefficient (Wildman–Crippen LogP) is 4.29. The Balaban J connectivity index is 2.42. The zero-order valence-electron chi connectivity index (χ0n) is 11.8. The SMILES string of the molecule is COCc1cccc2cc3ccccc3c(COC)c12. The van der Waals surface area contributed by atoms with E-state index in [0.717, 1.165) is 0 Å². The minimum absolute atomic E-state index is 0.610. The van der Waals surface area contributed by atoms with E-state index in [1.54, 1.807) is 14.2 Å². The van der Waals surface area contributed by atoms with E-state index in [1.807, 2.05) is 0 Å². The Morgan fingerprint density at radius 1 is 0.800 bits per heavy atom. The van der Waals surface area contributed by atoms with Gasteiger partial charge in [-0.2, -0.15) is 0 Å². The number of methoxy groups -OCH3 is 2. The second-order valence-electron chi connectivity index (χ2n) is 4.96. The van der Waals surface area contributed by atoms with Gasteiger partial charge in [0, 0.05) is 14.2 Å². The zero-order chi connectivity index (χ0) is 13.9. The molecule has 3 rings (SSSR count). The van der Waals surface area contributed by atoms with Gasteiger partial charge in [0.25, 0.3) is 0 Å². The maximum absolute atomic E-state index is 5.44. The molecule has 0 unspecified atom stereocenters. The molecule has 0 radical (unpaired) electrons. The van der Waals surface area contributed by atoms with Crippen LogP contribution in [0, 0.1) is 0 Å². The van der Waals surface area contributed by atoms with Crippen LogP contribution in [-0.2, 0) is 22.7 Å². The van der Waals surface area contributed by atoms with E-state index in [1.165, 1.54) is 32.7 Å². The standard InChI is InChI=1S/C18H18O2/c1-19-11-15-8-5-7-14-10-13-6-3-4-9-16(13)17(12-20-2)18(14)15/h3-10H,11-12H2,1-2H3. The molecule has 0 aromatic heterocycles. The van der Waals surface area contributed by atoms with Crippen LogP contribution in [0.15, 0.2) is 48.5 Å². The molecule has 0 atom stereocenters. The Hall–Kier alpha value is -1.90. The number of benzene rings is 3. The molecule has 3 aromatic carbocycles. The van der Waals surface area contributed by atoms with E-state index in [0.29, 0.717) is 13.2 Å². The summed E-state index contributed by atoms with van der Waals surface area (Å²) in [7, 11) is 3.47. The van der Waals surface area contributed by atoms with Crippen molar-refractivity contribution in [2.75, 3.05) is 14.2 Å². The van der Waals surface area contributed by atoms with Crippen LogP contribution in [0.5, 0.6) is 0 Å². The molecule has 0 bridgehead atoms. The van der Waals surface area contributed by atoms with Gasteiger partial charge >= 0.3 is 0 Å². The topological polar surface area (TPSA) is 18.5 Å². The van der Waals surface area contributed by atoms with Gasteiger partial charge in [-0.25, -0.2) is 0 Å². The highest BCUT2D eigenvalue weighted by Crippen LogP contribution is 2.31. The fourth-order valence-corrected chi connectivity index (χ4v) is 2.88. The number of hydrogen-bond acceptors (Lipinski definition) is 2. The first-order valence-corrected chi connectivity index (χ1v) is 6.75. The molecule has 20 heavy (non-hydrogen) atoms. The van der Waals surface area contributed by atoms with Crippen LogP contribution in [0.1, 0.15) is 11.1 Å². The van der Waals surface area contributed by atoms with E-state index >= 15 is 0 Å². The van der Waals surface area contributed by atoms with E-state index in [2.05, 4.69) is 48.5 Å². The van der Waals surface area contributed by atoms with Crippen molar-refractivity contribution in [1.29, 1.82) is 0 Å². The Labute approximate surface area is 118 Å². The molecule has 0 saturated carbocycles. The summed E-state index contributed by atoms with van der Waals surface area (Å²) in [5.74, 6) is 0. The Bertz CT molecular complexity index is 747. The molecule has 2 nitrogen and oxygen atoms in total. The van der Waals surface area contributed by atoms with E-state index in [9.17, 15) is 0 Å². The molecule has 0 N–H and O–H groups in total. The number of fused-ring (bicyclic) bond motifs is 2. The Morgan fingerprint density at radius 2 is 1.55 bits per heavy atom. The van der Waals surface area contributed by atoms with Crippen molar-refractivity contribution >= 4 is 21.5 Å². The van der Waals surface area contributed by atoms with Crippen molar-refractivity contribution in [3.63, 3.8) is 0 Å². The lowest BCUT2D eigenvalue weighted by Crippen LogP contribution is -1.97. The number of hydrogen-bond donors (Lipinski definition) is 0. The monoisotopic (exact) mass is 266 g/mol. The van der Waals surface area contributed by atoms with Gasteiger partial charge in [-0.15, -0.1) is 0 Å². The van der Waals surface area contributed by atoms with Gasteiger partial charge < -0.3 is 9.47 Å². The third-order valence-corrected chi connectivity index (χ3v) is 3.67. The summed E-state index contributed by atoms with van der Waals surface area (Å²) in [5.41, 5.74) is 2.45. The highest BCUT2D eigenvalue weighted by atomic mass is 16.5. The van der Waals surface area contributed by atoms with Crippen LogP contribution in [-0.4, -0.2) is 14.2 Å². The van der Waals surface area contributed by atoms with Gasteiger partial charge in [-0.1, -0.05) is 42.5 Å². The first-order valence-electron chi connectivity index (χ1n) is 6.75. The van der Waals surface area contributed by atoms with Gasteiger partial charge in [-0.3, -0.25) is 0 Å². The van der Waals surface area contributed by atoms with Crippen LogP contribution in [0.25, 0.3) is 21.5 Å². The second kappa shape index (κ2) is 5.61. The average molecular weight is 266 g/mol. The fraction of sp³-hybridized carbons (Fsp3) is 0.222. The zero-order valence-corrected chi connectivity index (χ0v) is 11.8. The average Bonchev–Trinajstić information content (AvgIpc) is 2.47. The van der Waals surface area contributed by atoms with Gasteiger partial charge in [0.15, 0.2) is 0 Å². The van der Waals surface area contributed by atoms with Crippen LogP contribution in [0.2, 0.25) is 0 Å². The molecule has 0 fully saturated rings. The lowest BCUT2D eigenvalue weighted by atomic mass is 9.94. The lowest BCUT2D eigenvalue weighted by molar-refractivity contribution is 0.183. The van der Waals surface area contributed by atoms with Crippen molar-refractivity contribution < 1.29 is 9.47 Å². The summed E-state index contributed by atoms with van der Waals surface area (Å²) in [6, 6.07) is 17.1. The molecule has 102 valence electrons. The Kier molecular flexibility index (Phi) is 3.68. The fourth-order valence-electron chi connectivity index (χ4n) is 2.88. The maximum atomic E-state index is 5.44. The molecule has 0 aliphatic carbocycles. The van der Waals surface area contributed by atoms with Crippen LogP contribution >= 0.6 is 0 Å². The van der Waals surface area contributed by atoms with Crippen molar-refractivity contribution in [3.05, 3.63) is 59.7 Å². The highest BCUT2D eigenvalue weighted by molar-refractivity contribution is 6.03. The van der Waals surface area contributed by atoms with Crippen molar-refractivity contribution in [2.24, 2.45) is 0 Å². The molecule has 0 saturated heterocycles. The molecule has 3 aromatic rings. The summed E-state index contributed by atoms with van der Waals surface area (Å²) >= 11 is 0. The molecule has 0 aliphatic heterocycles. The predicted molar refractivity (Wildman–Crippen MR) is 82.9 cm³/mol. The van der Waals surface area contributed by atoms with Crippen molar-refractivity contribution in [1.82, 2.24) is 0 Å². The summed E-state index contributed by atoms with van der Waals surface area (Å²) in [5, 5.41) is 5.01. The second-order valence-corrected chi connectivity index (χ2v) is 4.96. The minimum atomic E-state index is 0.610. The minimum Gasteiger partial charge on any atom is -0.380 e. The van der Waals surface area contributed by atoms with Crippen molar-refractivity contribution in [3.8, 4) is 0 Å². The first-order chi connectivity index (χ1) is 9.85.